The Morgan fingerprint density at radius 1 is 1.45 bits per heavy atom. The van der Waals surface area contributed by atoms with E-state index in [9.17, 15) is 4.39 Å². The minimum absolute atomic E-state index is 0.182. The maximum Gasteiger partial charge on any atom is 0.165 e. The lowest BCUT2D eigenvalue weighted by Crippen LogP contribution is -1.88. The lowest BCUT2D eigenvalue weighted by molar-refractivity contribution is 0.646. The van der Waals surface area contributed by atoms with E-state index in [0.29, 0.717) is 4.70 Å². The van der Waals surface area contributed by atoms with Gasteiger partial charge in [-0.3, -0.25) is 0 Å². The Balaban J connectivity index is 2.93. The van der Waals surface area contributed by atoms with E-state index in [1.54, 1.807) is 18.3 Å². The largest absolute Gasteiger partial charge is 0.396 e. The van der Waals surface area contributed by atoms with Gasteiger partial charge in [-0.1, -0.05) is 0 Å². The Labute approximate surface area is 66.6 Å². The van der Waals surface area contributed by atoms with Crippen molar-refractivity contribution >= 4 is 27.3 Å². The van der Waals surface area contributed by atoms with E-state index in [4.69, 9.17) is 5.73 Å². The molecule has 2 aromatic rings. The molecular weight excluding hydrogens is 163 g/mol. The zero-order valence-electron chi connectivity index (χ0n) is 5.54. The number of anilines is 1. The van der Waals surface area contributed by atoms with E-state index in [0.717, 1.165) is 16.9 Å². The van der Waals surface area contributed by atoms with Crippen molar-refractivity contribution in [2.24, 2.45) is 0 Å². The van der Waals surface area contributed by atoms with Crippen molar-refractivity contribution in [2.75, 3.05) is 5.73 Å². The maximum absolute atomic E-state index is 13.1. The van der Waals surface area contributed by atoms with Gasteiger partial charge in [0.05, 0.1) is 10.4 Å². The molecule has 0 aliphatic carbocycles. The van der Waals surface area contributed by atoms with Crippen molar-refractivity contribution < 1.29 is 4.39 Å². The van der Waals surface area contributed by atoms with Crippen molar-refractivity contribution in [1.82, 2.24) is 4.37 Å². The number of hydrogen-bond donors (Lipinski definition) is 1. The van der Waals surface area contributed by atoms with Crippen LogP contribution in [0.5, 0.6) is 0 Å². The summed E-state index contributed by atoms with van der Waals surface area (Å²) < 4.78 is 17.5. The molecule has 0 aliphatic rings. The highest BCUT2D eigenvalue weighted by atomic mass is 32.1. The minimum Gasteiger partial charge on any atom is -0.396 e. The summed E-state index contributed by atoms with van der Waals surface area (Å²) in [6.07, 6.45) is 1.63. The van der Waals surface area contributed by atoms with E-state index in [1.807, 2.05) is 0 Å². The van der Waals surface area contributed by atoms with Gasteiger partial charge in [0.1, 0.15) is 0 Å². The van der Waals surface area contributed by atoms with Crippen LogP contribution in [0.15, 0.2) is 18.3 Å². The van der Waals surface area contributed by atoms with E-state index in [1.165, 1.54) is 0 Å². The van der Waals surface area contributed by atoms with E-state index < -0.39 is 0 Å². The molecule has 2 nitrogen and oxygen atoms in total. The third kappa shape index (κ3) is 0.867. The van der Waals surface area contributed by atoms with Crippen molar-refractivity contribution in [2.45, 2.75) is 0 Å². The second-order valence-electron chi connectivity index (χ2n) is 2.21. The van der Waals surface area contributed by atoms with Crippen LogP contribution in [0.1, 0.15) is 0 Å². The molecule has 11 heavy (non-hydrogen) atoms. The molecule has 0 bridgehead atoms. The smallest absolute Gasteiger partial charge is 0.165 e. The molecule has 0 amide bonds. The van der Waals surface area contributed by atoms with Gasteiger partial charge in [0, 0.05) is 11.6 Å². The summed E-state index contributed by atoms with van der Waals surface area (Å²) >= 11 is 1.12. The Morgan fingerprint density at radius 3 is 3.09 bits per heavy atom. The van der Waals surface area contributed by atoms with E-state index in [2.05, 4.69) is 4.37 Å². The lowest BCUT2D eigenvalue weighted by Gasteiger charge is -1.94. The summed E-state index contributed by atoms with van der Waals surface area (Å²) in [6, 6.07) is 3.31. The molecule has 2 rings (SSSR count). The second kappa shape index (κ2) is 2.17. The van der Waals surface area contributed by atoms with Crippen LogP contribution in [0.3, 0.4) is 0 Å². The summed E-state index contributed by atoms with van der Waals surface area (Å²) in [5.41, 5.74) is 5.53. The predicted octanol–water partition coefficient (Wildman–Crippen LogP) is 2.02. The minimum atomic E-state index is -0.356. The SMILES string of the molecule is Nc1ccc2cnsc2c1F. The number of rotatable bonds is 0. The molecule has 0 fully saturated rings. The highest BCUT2D eigenvalue weighted by Crippen LogP contribution is 2.24. The van der Waals surface area contributed by atoms with Crippen molar-refractivity contribution in [3.05, 3.63) is 24.1 Å². The molecule has 0 atom stereocenters. The van der Waals surface area contributed by atoms with E-state index in [-0.39, 0.29) is 11.5 Å². The molecule has 1 aromatic carbocycles. The van der Waals surface area contributed by atoms with Crippen LogP contribution in [-0.4, -0.2) is 4.37 Å². The molecule has 2 N–H and O–H groups in total. The fraction of sp³-hybridized carbons (Fsp3) is 0. The van der Waals surface area contributed by atoms with Gasteiger partial charge in [-0.25, -0.2) is 4.39 Å². The molecule has 0 spiro atoms. The first kappa shape index (κ1) is 6.54. The molecule has 1 aromatic heterocycles. The molecule has 56 valence electrons. The van der Waals surface area contributed by atoms with Gasteiger partial charge in [0.2, 0.25) is 0 Å². The molecule has 1 heterocycles. The average molecular weight is 168 g/mol. The van der Waals surface area contributed by atoms with Gasteiger partial charge in [-0.05, 0) is 23.7 Å². The number of fused-ring (bicyclic) bond motifs is 1. The summed E-state index contributed by atoms with van der Waals surface area (Å²) in [4.78, 5) is 0. The molecule has 0 aliphatic heterocycles. The number of nitrogen functional groups attached to an aromatic ring is 1. The van der Waals surface area contributed by atoms with Gasteiger partial charge >= 0.3 is 0 Å². The summed E-state index contributed by atoms with van der Waals surface area (Å²) in [6.45, 7) is 0. The normalized spacial score (nSPS) is 10.6. The molecule has 0 unspecified atom stereocenters. The lowest BCUT2D eigenvalue weighted by atomic mass is 10.2. The molecule has 0 saturated heterocycles. The van der Waals surface area contributed by atoms with Crippen LogP contribution in [0.25, 0.3) is 10.1 Å². The van der Waals surface area contributed by atoms with Gasteiger partial charge in [-0.2, -0.15) is 4.37 Å². The maximum atomic E-state index is 13.1. The molecule has 0 radical (unpaired) electrons. The monoisotopic (exact) mass is 168 g/mol. The zero-order valence-corrected chi connectivity index (χ0v) is 6.36. The first-order chi connectivity index (χ1) is 5.29. The number of nitrogens with zero attached hydrogens (tertiary/aromatic N) is 1. The molecule has 0 saturated carbocycles. The fourth-order valence-electron chi connectivity index (χ4n) is 0.917. The first-order valence-electron chi connectivity index (χ1n) is 3.07. The number of nitrogens with two attached hydrogens (primary N) is 1. The van der Waals surface area contributed by atoms with E-state index >= 15 is 0 Å². The van der Waals surface area contributed by atoms with Gasteiger partial charge in [0.25, 0.3) is 0 Å². The van der Waals surface area contributed by atoms with Crippen LogP contribution in [0.4, 0.5) is 10.1 Å². The van der Waals surface area contributed by atoms with Crippen molar-refractivity contribution in [3.63, 3.8) is 0 Å². The number of aromatic nitrogens is 1. The Morgan fingerprint density at radius 2 is 2.27 bits per heavy atom. The fourth-order valence-corrected chi connectivity index (χ4v) is 1.61. The Bertz CT molecular complexity index is 396. The first-order valence-corrected chi connectivity index (χ1v) is 3.85. The summed E-state index contributed by atoms with van der Waals surface area (Å²) in [5, 5.41) is 0.807. The van der Waals surface area contributed by atoms with Crippen LogP contribution < -0.4 is 5.73 Å². The van der Waals surface area contributed by atoms with Crippen LogP contribution in [0, 0.1) is 5.82 Å². The number of halogens is 1. The topological polar surface area (TPSA) is 38.9 Å². The van der Waals surface area contributed by atoms with Gasteiger partial charge < -0.3 is 5.73 Å². The summed E-state index contributed by atoms with van der Waals surface area (Å²) in [7, 11) is 0. The summed E-state index contributed by atoms with van der Waals surface area (Å²) in [5.74, 6) is -0.356. The average Bonchev–Trinajstić information content (AvgIpc) is 2.45. The van der Waals surface area contributed by atoms with Crippen molar-refractivity contribution in [3.8, 4) is 0 Å². The van der Waals surface area contributed by atoms with Crippen molar-refractivity contribution in [1.29, 1.82) is 0 Å². The number of hydrogen-bond acceptors (Lipinski definition) is 3. The molecular formula is C7H5FN2S. The standard InChI is InChI=1S/C7H5FN2S/c8-6-5(9)2-1-4-3-10-11-7(4)6/h1-3H,9H2. The third-order valence-corrected chi connectivity index (χ3v) is 2.30. The van der Waals surface area contributed by atoms with Crippen LogP contribution in [-0.2, 0) is 0 Å². The second-order valence-corrected chi connectivity index (χ2v) is 3.01. The quantitative estimate of drug-likeness (QED) is 0.611. The van der Waals surface area contributed by atoms with Gasteiger partial charge in [0.15, 0.2) is 5.82 Å². The Hall–Kier alpha value is -1.16. The number of benzene rings is 1. The predicted molar refractivity (Wildman–Crippen MR) is 44.0 cm³/mol. The van der Waals surface area contributed by atoms with Crippen LogP contribution >= 0.6 is 11.5 Å². The zero-order chi connectivity index (χ0) is 7.84. The molecule has 4 heteroatoms. The third-order valence-electron chi connectivity index (χ3n) is 1.49. The highest BCUT2D eigenvalue weighted by Gasteiger charge is 2.05. The Kier molecular flexibility index (Phi) is 1.29. The highest BCUT2D eigenvalue weighted by molar-refractivity contribution is 7.13. The van der Waals surface area contributed by atoms with Crippen LogP contribution in [0.2, 0.25) is 0 Å². The van der Waals surface area contributed by atoms with Gasteiger partial charge in [-0.15, -0.1) is 0 Å².